The topological polar surface area (TPSA) is 93.7 Å². The average Bonchev–Trinajstić information content (AvgIpc) is 2.65. The number of benzene rings is 2. The molecule has 0 saturated heterocycles. The summed E-state index contributed by atoms with van der Waals surface area (Å²) < 4.78 is 34.8. The molecule has 0 saturated carbocycles. The second-order valence-corrected chi connectivity index (χ2v) is 7.36. The second kappa shape index (κ2) is 7.77. The Bertz CT molecular complexity index is 928. The molecule has 1 aliphatic heterocycles. The maximum Gasteiger partial charge on any atom is 0.279 e. The molecule has 0 spiro atoms. The number of hydrogen-bond donors (Lipinski definition) is 2. The van der Waals surface area contributed by atoms with Gasteiger partial charge >= 0.3 is 0 Å². The van der Waals surface area contributed by atoms with Gasteiger partial charge in [0, 0.05) is 10.4 Å². The number of halogens is 1. The largest absolute Gasteiger partial charge is 0.485 e. The Hall–Kier alpha value is -2.55. The molecule has 2 aromatic carbocycles. The summed E-state index contributed by atoms with van der Waals surface area (Å²) in [6.07, 6.45) is 0.411. The molecule has 0 aliphatic carbocycles. The summed E-state index contributed by atoms with van der Waals surface area (Å²) in [4.78, 5) is 14.1. The van der Waals surface area contributed by atoms with Crippen molar-refractivity contribution >= 4 is 33.6 Å². The molecule has 7 nitrogen and oxygen atoms in total. The highest BCUT2D eigenvalue weighted by Crippen LogP contribution is 2.30. The van der Waals surface area contributed by atoms with Gasteiger partial charge in [-0.3, -0.25) is 10.2 Å². The smallest absolute Gasteiger partial charge is 0.279 e. The van der Waals surface area contributed by atoms with Gasteiger partial charge < -0.3 is 9.47 Å². The van der Waals surface area contributed by atoms with Crippen LogP contribution in [0.5, 0.6) is 11.5 Å². The third kappa shape index (κ3) is 4.75. The molecule has 0 radical (unpaired) electrons. The zero-order chi connectivity index (χ0) is 18.6. The quantitative estimate of drug-likeness (QED) is 0.757. The van der Waals surface area contributed by atoms with Crippen molar-refractivity contribution in [2.45, 2.75) is 6.10 Å². The van der Waals surface area contributed by atoms with E-state index in [4.69, 9.17) is 21.1 Å². The van der Waals surface area contributed by atoms with Crippen LogP contribution in [0, 0.1) is 0 Å². The Morgan fingerprint density at radius 1 is 1.12 bits per heavy atom. The van der Waals surface area contributed by atoms with E-state index in [0.717, 1.165) is 5.41 Å². The first-order valence-electron chi connectivity index (χ1n) is 7.57. The summed E-state index contributed by atoms with van der Waals surface area (Å²) in [7, 11) is -3.88. The van der Waals surface area contributed by atoms with Crippen LogP contribution in [-0.4, -0.2) is 27.0 Å². The van der Waals surface area contributed by atoms with Crippen LogP contribution in [0.4, 0.5) is 0 Å². The van der Waals surface area contributed by atoms with Crippen LogP contribution >= 0.6 is 11.6 Å². The molecule has 0 aromatic heterocycles. The number of hydrogen-bond acceptors (Lipinski definition) is 5. The Balaban J connectivity index is 1.56. The number of sulfonamides is 1. The van der Waals surface area contributed by atoms with E-state index in [1.165, 1.54) is 6.08 Å². The van der Waals surface area contributed by atoms with Gasteiger partial charge in [0.15, 0.2) is 11.5 Å². The molecule has 1 aliphatic rings. The molecular formula is C17H15ClN2O5S. The lowest BCUT2D eigenvalue weighted by atomic mass is 10.2. The van der Waals surface area contributed by atoms with Crippen LogP contribution in [0.1, 0.15) is 5.56 Å². The Morgan fingerprint density at radius 3 is 2.54 bits per heavy atom. The summed E-state index contributed by atoms with van der Waals surface area (Å²) in [5.74, 6) is 0.287. The summed E-state index contributed by atoms with van der Waals surface area (Å²) >= 11 is 5.77. The zero-order valence-corrected chi connectivity index (χ0v) is 15.0. The molecule has 2 aromatic rings. The summed E-state index contributed by atoms with van der Waals surface area (Å²) in [5.41, 5.74) is 2.76. The number of rotatable bonds is 5. The number of carbonyl (C=O) groups excluding carboxylic acids is 1. The van der Waals surface area contributed by atoms with Crippen LogP contribution in [0.3, 0.4) is 0 Å². The molecule has 9 heteroatoms. The van der Waals surface area contributed by atoms with Crippen LogP contribution in [0.2, 0.25) is 5.02 Å². The average molecular weight is 395 g/mol. The normalized spacial score (nSPS) is 16.4. The predicted octanol–water partition coefficient (Wildman–Crippen LogP) is 2.10. The van der Waals surface area contributed by atoms with E-state index in [1.54, 1.807) is 48.5 Å². The lowest BCUT2D eigenvalue weighted by Crippen LogP contribution is -2.50. The molecule has 0 unspecified atom stereocenters. The molecule has 0 bridgehead atoms. The fourth-order valence-electron chi connectivity index (χ4n) is 2.13. The van der Waals surface area contributed by atoms with E-state index in [9.17, 15) is 13.2 Å². The van der Waals surface area contributed by atoms with Gasteiger partial charge in [-0.1, -0.05) is 35.9 Å². The Labute approximate surface area is 155 Å². The van der Waals surface area contributed by atoms with Crippen molar-refractivity contribution in [2.75, 3.05) is 6.61 Å². The van der Waals surface area contributed by atoms with Crippen molar-refractivity contribution in [1.82, 2.24) is 10.3 Å². The minimum Gasteiger partial charge on any atom is -0.485 e. The van der Waals surface area contributed by atoms with Crippen molar-refractivity contribution in [2.24, 2.45) is 0 Å². The molecule has 1 atom stereocenters. The van der Waals surface area contributed by atoms with Gasteiger partial charge in [-0.2, -0.15) is 0 Å². The van der Waals surface area contributed by atoms with E-state index >= 15 is 0 Å². The Kier molecular flexibility index (Phi) is 5.46. The first kappa shape index (κ1) is 18.2. The number of nitrogens with one attached hydrogen (secondary N) is 2. The lowest BCUT2D eigenvalue weighted by molar-refractivity contribution is -0.130. The summed E-state index contributed by atoms with van der Waals surface area (Å²) in [5, 5.41) is 1.48. The van der Waals surface area contributed by atoms with Gasteiger partial charge in [0.25, 0.3) is 15.9 Å². The summed E-state index contributed by atoms with van der Waals surface area (Å²) in [6, 6.07) is 13.5. The van der Waals surface area contributed by atoms with Gasteiger partial charge in [-0.05, 0) is 35.9 Å². The van der Waals surface area contributed by atoms with Crippen LogP contribution in [0.25, 0.3) is 6.08 Å². The highest BCUT2D eigenvalue weighted by atomic mass is 35.5. The predicted molar refractivity (Wildman–Crippen MR) is 97.0 cm³/mol. The molecule has 26 heavy (non-hydrogen) atoms. The van der Waals surface area contributed by atoms with Crippen LogP contribution in [-0.2, 0) is 14.8 Å². The minimum absolute atomic E-state index is 0.0226. The molecule has 1 amide bonds. The van der Waals surface area contributed by atoms with Gasteiger partial charge in [-0.15, -0.1) is 4.83 Å². The second-order valence-electron chi connectivity index (χ2n) is 5.35. The Morgan fingerprint density at radius 2 is 1.81 bits per heavy atom. The zero-order valence-electron chi connectivity index (χ0n) is 13.4. The first-order chi connectivity index (χ1) is 12.4. The molecule has 3 rings (SSSR count). The first-order valence-corrected chi connectivity index (χ1v) is 9.49. The summed E-state index contributed by atoms with van der Waals surface area (Å²) in [6.45, 7) is -0.0226. The van der Waals surface area contributed by atoms with Crippen molar-refractivity contribution in [3.63, 3.8) is 0 Å². The number of hydrazine groups is 1. The van der Waals surface area contributed by atoms with Crippen molar-refractivity contribution < 1.29 is 22.7 Å². The van der Waals surface area contributed by atoms with Crippen molar-refractivity contribution in [3.8, 4) is 11.5 Å². The van der Waals surface area contributed by atoms with E-state index in [1.807, 2.05) is 4.83 Å². The van der Waals surface area contributed by atoms with E-state index in [-0.39, 0.29) is 6.61 Å². The number of amides is 1. The highest BCUT2D eigenvalue weighted by molar-refractivity contribution is 7.92. The van der Waals surface area contributed by atoms with E-state index in [2.05, 4.69) is 5.43 Å². The van der Waals surface area contributed by atoms with Gasteiger partial charge in [-0.25, -0.2) is 8.42 Å². The molecular weight excluding hydrogens is 380 g/mol. The maximum atomic E-state index is 12.1. The SMILES string of the molecule is O=C(NNS(=O)(=O)/C=C\c1ccc(Cl)cc1)[C@@H]1COc2ccccc2O1. The highest BCUT2D eigenvalue weighted by Gasteiger charge is 2.27. The number of fused-ring (bicyclic) bond motifs is 1. The molecule has 0 fully saturated rings. The number of ether oxygens (including phenoxy) is 2. The number of para-hydroxylation sites is 2. The van der Waals surface area contributed by atoms with Gasteiger partial charge in [0.1, 0.15) is 6.61 Å². The molecule has 1 heterocycles. The van der Waals surface area contributed by atoms with Crippen molar-refractivity contribution in [3.05, 3.63) is 64.5 Å². The third-order valence-corrected chi connectivity index (χ3v) is 4.56. The van der Waals surface area contributed by atoms with Gasteiger partial charge in [0.05, 0.1) is 0 Å². The monoisotopic (exact) mass is 394 g/mol. The number of carbonyl (C=O) groups is 1. The standard InChI is InChI=1S/C17H15ClN2O5S/c18-13-7-5-12(6-8-13)9-10-26(22,23)20-19-17(21)16-11-24-14-3-1-2-4-15(14)25-16/h1-10,16,20H,11H2,(H,19,21)/b10-9-/t16-/m0/s1. The molecule has 136 valence electrons. The third-order valence-electron chi connectivity index (χ3n) is 3.43. The minimum atomic E-state index is -3.88. The van der Waals surface area contributed by atoms with Crippen LogP contribution in [0.15, 0.2) is 53.9 Å². The van der Waals surface area contributed by atoms with E-state index in [0.29, 0.717) is 22.1 Å². The molecule has 2 N–H and O–H groups in total. The van der Waals surface area contributed by atoms with E-state index < -0.39 is 22.0 Å². The van der Waals surface area contributed by atoms with Crippen LogP contribution < -0.4 is 19.7 Å². The van der Waals surface area contributed by atoms with Gasteiger partial charge in [0.2, 0.25) is 6.10 Å². The fraction of sp³-hybridized carbons (Fsp3) is 0.118. The maximum absolute atomic E-state index is 12.1. The van der Waals surface area contributed by atoms with Crippen molar-refractivity contribution in [1.29, 1.82) is 0 Å². The lowest BCUT2D eigenvalue weighted by Gasteiger charge is -2.25. The fourth-order valence-corrected chi connectivity index (χ4v) is 2.90.